The average Bonchev–Trinajstić information content (AvgIpc) is 2.85. The van der Waals surface area contributed by atoms with E-state index in [9.17, 15) is 18.0 Å². The second-order valence-corrected chi connectivity index (χ2v) is 12.5. The van der Waals surface area contributed by atoms with Crippen molar-refractivity contribution in [3.05, 3.63) is 94.0 Å². The van der Waals surface area contributed by atoms with Crippen LogP contribution in [0.1, 0.15) is 43.0 Å². The number of nitrogens with one attached hydrogen (secondary N) is 1. The molecule has 39 heavy (non-hydrogen) atoms. The molecule has 0 unspecified atom stereocenters. The van der Waals surface area contributed by atoms with E-state index < -0.39 is 28.5 Å². The summed E-state index contributed by atoms with van der Waals surface area (Å²) < 4.78 is 29.0. The first-order valence-electron chi connectivity index (χ1n) is 12.8. The number of benzene rings is 3. The molecule has 0 saturated heterocycles. The number of aryl methyl sites for hydroxylation is 3. The molecule has 0 aliphatic carbocycles. The quantitative estimate of drug-likeness (QED) is 0.354. The molecular formula is C30H36ClN3O4S. The van der Waals surface area contributed by atoms with Gasteiger partial charge in [-0.2, -0.15) is 0 Å². The Hall–Kier alpha value is -3.36. The van der Waals surface area contributed by atoms with E-state index in [1.807, 2.05) is 40.7 Å². The summed E-state index contributed by atoms with van der Waals surface area (Å²) in [6.07, 6.45) is 0. The Labute approximate surface area is 236 Å². The van der Waals surface area contributed by atoms with Crippen LogP contribution in [0.15, 0.2) is 71.6 Å². The predicted octanol–water partition coefficient (Wildman–Crippen LogP) is 5.40. The molecule has 0 aliphatic rings. The minimum absolute atomic E-state index is 0.0786. The van der Waals surface area contributed by atoms with E-state index in [1.54, 1.807) is 55.5 Å². The van der Waals surface area contributed by atoms with Crippen molar-refractivity contribution >= 4 is 39.1 Å². The van der Waals surface area contributed by atoms with E-state index >= 15 is 0 Å². The Kier molecular flexibility index (Phi) is 9.80. The van der Waals surface area contributed by atoms with Gasteiger partial charge in [0.2, 0.25) is 11.8 Å². The lowest BCUT2D eigenvalue weighted by Gasteiger charge is -2.32. The molecule has 0 bridgehead atoms. The molecule has 0 spiro atoms. The zero-order valence-electron chi connectivity index (χ0n) is 23.2. The molecule has 2 amide bonds. The molecule has 3 aromatic carbocycles. The van der Waals surface area contributed by atoms with Crippen molar-refractivity contribution in [3.8, 4) is 0 Å². The van der Waals surface area contributed by atoms with Gasteiger partial charge in [-0.1, -0.05) is 47.5 Å². The maximum absolute atomic E-state index is 13.9. The number of rotatable bonds is 10. The third-order valence-electron chi connectivity index (χ3n) is 6.25. The van der Waals surface area contributed by atoms with E-state index in [-0.39, 0.29) is 23.4 Å². The highest BCUT2D eigenvalue weighted by Crippen LogP contribution is 2.27. The molecule has 1 atom stereocenters. The van der Waals surface area contributed by atoms with Crippen molar-refractivity contribution in [2.45, 2.75) is 65.1 Å². The summed E-state index contributed by atoms with van der Waals surface area (Å²) >= 11 is 6.04. The van der Waals surface area contributed by atoms with Crippen LogP contribution in [0.3, 0.4) is 0 Å². The SMILES string of the molecule is Cc1ccc(S(=O)(=O)N(CC(=O)N(Cc2ccc(Cl)cc2)[C@@H](C)C(=O)NC(C)C)c2cc(C)cc(C)c2)cc1. The number of carbonyl (C=O) groups excluding carboxylic acids is 2. The molecule has 7 nitrogen and oxygen atoms in total. The highest BCUT2D eigenvalue weighted by Gasteiger charge is 2.32. The van der Waals surface area contributed by atoms with Gasteiger partial charge in [-0.15, -0.1) is 0 Å². The van der Waals surface area contributed by atoms with Gasteiger partial charge in [0.25, 0.3) is 10.0 Å². The molecule has 9 heteroatoms. The Morgan fingerprint density at radius 2 is 1.41 bits per heavy atom. The lowest BCUT2D eigenvalue weighted by molar-refractivity contribution is -0.139. The van der Waals surface area contributed by atoms with Crippen molar-refractivity contribution < 1.29 is 18.0 Å². The lowest BCUT2D eigenvalue weighted by Crippen LogP contribution is -2.52. The summed E-state index contributed by atoms with van der Waals surface area (Å²) in [6.45, 7) is 10.6. The summed E-state index contributed by atoms with van der Waals surface area (Å²) in [6, 6.07) is 17.9. The highest BCUT2D eigenvalue weighted by atomic mass is 35.5. The topological polar surface area (TPSA) is 86.8 Å². The number of amides is 2. The first-order valence-corrected chi connectivity index (χ1v) is 14.6. The number of halogens is 1. The molecule has 3 aromatic rings. The lowest BCUT2D eigenvalue weighted by atomic mass is 10.1. The monoisotopic (exact) mass is 569 g/mol. The normalized spacial score (nSPS) is 12.2. The fourth-order valence-corrected chi connectivity index (χ4v) is 5.76. The van der Waals surface area contributed by atoms with Crippen LogP contribution in [-0.4, -0.2) is 43.8 Å². The number of carbonyl (C=O) groups is 2. The number of anilines is 1. The smallest absolute Gasteiger partial charge is 0.264 e. The van der Waals surface area contributed by atoms with Gasteiger partial charge in [-0.05, 0) is 94.6 Å². The van der Waals surface area contributed by atoms with Gasteiger partial charge < -0.3 is 10.2 Å². The van der Waals surface area contributed by atoms with E-state index in [1.165, 1.54) is 17.0 Å². The first-order chi connectivity index (χ1) is 18.3. The van der Waals surface area contributed by atoms with Crippen LogP contribution in [0.5, 0.6) is 0 Å². The Morgan fingerprint density at radius 1 is 0.846 bits per heavy atom. The summed E-state index contributed by atoms with van der Waals surface area (Å²) in [7, 11) is -4.11. The number of hydrogen-bond acceptors (Lipinski definition) is 4. The van der Waals surface area contributed by atoms with Gasteiger partial charge in [0.05, 0.1) is 10.6 Å². The Morgan fingerprint density at radius 3 is 1.95 bits per heavy atom. The van der Waals surface area contributed by atoms with Gasteiger partial charge in [0.15, 0.2) is 0 Å². The van der Waals surface area contributed by atoms with Crippen molar-refractivity contribution in [2.24, 2.45) is 0 Å². The predicted molar refractivity (Wildman–Crippen MR) is 156 cm³/mol. The van der Waals surface area contributed by atoms with E-state index in [0.29, 0.717) is 10.7 Å². The van der Waals surface area contributed by atoms with E-state index in [0.717, 1.165) is 26.6 Å². The summed E-state index contributed by atoms with van der Waals surface area (Å²) in [5.41, 5.74) is 3.79. The zero-order chi connectivity index (χ0) is 28.9. The average molecular weight is 570 g/mol. The minimum Gasteiger partial charge on any atom is -0.352 e. The highest BCUT2D eigenvalue weighted by molar-refractivity contribution is 7.92. The molecule has 0 aromatic heterocycles. The number of hydrogen-bond donors (Lipinski definition) is 1. The maximum Gasteiger partial charge on any atom is 0.264 e. The maximum atomic E-state index is 13.9. The summed E-state index contributed by atoms with van der Waals surface area (Å²) in [5.74, 6) is -0.835. The van der Waals surface area contributed by atoms with Crippen molar-refractivity contribution in [1.82, 2.24) is 10.2 Å². The van der Waals surface area contributed by atoms with Crippen LogP contribution >= 0.6 is 11.6 Å². The second kappa shape index (κ2) is 12.7. The second-order valence-electron chi connectivity index (χ2n) is 10.2. The fourth-order valence-electron chi connectivity index (χ4n) is 4.24. The molecular weight excluding hydrogens is 534 g/mol. The standard InChI is InChI=1S/C30H36ClN3O4S/c1-20(2)32-30(36)24(6)33(18-25-9-11-26(31)12-10-25)29(35)19-34(27-16-22(4)15-23(5)17-27)39(37,38)28-13-7-21(3)8-14-28/h7-17,20,24H,18-19H2,1-6H3,(H,32,36)/t24-/m0/s1. The third kappa shape index (κ3) is 7.83. The van der Waals surface area contributed by atoms with Gasteiger partial charge in [0, 0.05) is 17.6 Å². The van der Waals surface area contributed by atoms with Crippen LogP contribution in [0.25, 0.3) is 0 Å². The number of nitrogens with zero attached hydrogens (tertiary/aromatic N) is 2. The van der Waals surface area contributed by atoms with Gasteiger partial charge in [-0.3, -0.25) is 13.9 Å². The van der Waals surface area contributed by atoms with Crippen molar-refractivity contribution in [1.29, 1.82) is 0 Å². The molecule has 0 heterocycles. The molecule has 0 aliphatic heterocycles. The van der Waals surface area contributed by atoms with Gasteiger partial charge in [-0.25, -0.2) is 8.42 Å². The first kappa shape index (κ1) is 30.2. The van der Waals surface area contributed by atoms with Crippen LogP contribution in [0.2, 0.25) is 5.02 Å². The van der Waals surface area contributed by atoms with Crippen LogP contribution in [0.4, 0.5) is 5.69 Å². The van der Waals surface area contributed by atoms with Gasteiger partial charge in [0.1, 0.15) is 12.6 Å². The molecule has 0 fully saturated rings. The van der Waals surface area contributed by atoms with Crippen LogP contribution in [0, 0.1) is 20.8 Å². The Balaban J connectivity index is 2.06. The minimum atomic E-state index is -4.11. The summed E-state index contributed by atoms with van der Waals surface area (Å²) in [4.78, 5) is 28.4. The Bertz CT molecular complexity index is 1400. The third-order valence-corrected chi connectivity index (χ3v) is 8.29. The van der Waals surface area contributed by atoms with Crippen molar-refractivity contribution in [3.63, 3.8) is 0 Å². The van der Waals surface area contributed by atoms with E-state index in [2.05, 4.69) is 5.32 Å². The number of sulfonamides is 1. The van der Waals surface area contributed by atoms with Gasteiger partial charge >= 0.3 is 0 Å². The fraction of sp³-hybridized carbons (Fsp3) is 0.333. The molecule has 208 valence electrons. The molecule has 3 rings (SSSR count). The molecule has 0 radical (unpaired) electrons. The van der Waals surface area contributed by atoms with Crippen LogP contribution < -0.4 is 9.62 Å². The van der Waals surface area contributed by atoms with Crippen LogP contribution in [-0.2, 0) is 26.2 Å². The largest absolute Gasteiger partial charge is 0.352 e. The van der Waals surface area contributed by atoms with E-state index in [4.69, 9.17) is 11.6 Å². The van der Waals surface area contributed by atoms with Crippen molar-refractivity contribution in [2.75, 3.05) is 10.8 Å². The molecule has 1 N–H and O–H groups in total. The molecule has 0 saturated carbocycles. The zero-order valence-corrected chi connectivity index (χ0v) is 24.8. The summed E-state index contributed by atoms with van der Waals surface area (Å²) in [5, 5.41) is 3.40.